The van der Waals surface area contributed by atoms with Crippen LogP contribution in [0.25, 0.3) is 0 Å². The van der Waals surface area contributed by atoms with Crippen LogP contribution in [0.5, 0.6) is 0 Å². The molecule has 0 aliphatic carbocycles. The fraction of sp³-hybridized carbons (Fsp3) is 0.471. The summed E-state index contributed by atoms with van der Waals surface area (Å²) < 4.78 is 1.82. The summed E-state index contributed by atoms with van der Waals surface area (Å²) in [4.78, 5) is 21.0. The van der Waals surface area contributed by atoms with Crippen molar-refractivity contribution in [3.8, 4) is 0 Å². The summed E-state index contributed by atoms with van der Waals surface area (Å²) in [6, 6.07) is 5.56. The average Bonchev–Trinajstić information content (AvgIpc) is 2.81. The third kappa shape index (κ3) is 4.32. The standard InChI is InChI=1S/C17H24N6O/c1-14-5-3-6-16(19-14)20-17(24)23-8-4-7-22(9-10-23)13-15-11-18-21(2)12-15/h3,5-6,11-12H,4,7-10,13H2,1-2H3,(H,19,20,24). The van der Waals surface area contributed by atoms with Crippen molar-refractivity contribution >= 4 is 11.8 Å². The SMILES string of the molecule is Cc1cccc(NC(=O)N2CCCN(Cc3cnn(C)c3)CC2)n1. The van der Waals surface area contributed by atoms with Crippen LogP contribution in [0.1, 0.15) is 17.7 Å². The van der Waals surface area contributed by atoms with Gasteiger partial charge < -0.3 is 4.90 Å². The molecule has 24 heavy (non-hydrogen) atoms. The van der Waals surface area contributed by atoms with Gasteiger partial charge in [-0.05, 0) is 25.5 Å². The van der Waals surface area contributed by atoms with Crippen LogP contribution in [0.3, 0.4) is 0 Å². The second-order valence-electron chi connectivity index (χ2n) is 6.23. The highest BCUT2D eigenvalue weighted by atomic mass is 16.2. The maximum absolute atomic E-state index is 12.4. The molecule has 2 aromatic rings. The fourth-order valence-corrected chi connectivity index (χ4v) is 2.95. The Morgan fingerprint density at radius 3 is 2.88 bits per heavy atom. The van der Waals surface area contributed by atoms with E-state index in [0.717, 1.165) is 44.8 Å². The molecule has 0 spiro atoms. The summed E-state index contributed by atoms with van der Waals surface area (Å²) in [5.41, 5.74) is 2.10. The lowest BCUT2D eigenvalue weighted by molar-refractivity contribution is 0.211. The molecule has 128 valence electrons. The minimum Gasteiger partial charge on any atom is -0.323 e. The molecule has 2 aromatic heterocycles. The van der Waals surface area contributed by atoms with Gasteiger partial charge in [-0.1, -0.05) is 6.07 Å². The van der Waals surface area contributed by atoms with E-state index in [4.69, 9.17) is 0 Å². The highest BCUT2D eigenvalue weighted by molar-refractivity contribution is 5.88. The number of pyridine rings is 1. The summed E-state index contributed by atoms with van der Waals surface area (Å²) in [5, 5.41) is 7.10. The lowest BCUT2D eigenvalue weighted by Crippen LogP contribution is -2.38. The lowest BCUT2D eigenvalue weighted by atomic mass is 10.3. The van der Waals surface area contributed by atoms with E-state index >= 15 is 0 Å². The normalized spacial score (nSPS) is 16.0. The van der Waals surface area contributed by atoms with Crippen molar-refractivity contribution in [1.29, 1.82) is 0 Å². The Morgan fingerprint density at radius 2 is 2.12 bits per heavy atom. The Hall–Kier alpha value is -2.41. The molecule has 1 aliphatic rings. The lowest BCUT2D eigenvalue weighted by Gasteiger charge is -2.22. The average molecular weight is 328 g/mol. The molecule has 3 rings (SSSR count). The first-order valence-electron chi connectivity index (χ1n) is 8.29. The summed E-state index contributed by atoms with van der Waals surface area (Å²) in [7, 11) is 1.93. The molecular weight excluding hydrogens is 304 g/mol. The monoisotopic (exact) mass is 328 g/mol. The van der Waals surface area contributed by atoms with Crippen LogP contribution < -0.4 is 5.32 Å². The van der Waals surface area contributed by atoms with Crippen molar-refractivity contribution in [3.63, 3.8) is 0 Å². The van der Waals surface area contributed by atoms with Gasteiger partial charge in [0, 0.05) is 57.2 Å². The zero-order valence-electron chi connectivity index (χ0n) is 14.3. The van der Waals surface area contributed by atoms with Crippen molar-refractivity contribution in [3.05, 3.63) is 41.9 Å². The van der Waals surface area contributed by atoms with Crippen LogP contribution in [-0.2, 0) is 13.6 Å². The van der Waals surface area contributed by atoms with Gasteiger partial charge >= 0.3 is 6.03 Å². The van der Waals surface area contributed by atoms with Gasteiger partial charge in [-0.2, -0.15) is 5.10 Å². The van der Waals surface area contributed by atoms with Gasteiger partial charge in [0.2, 0.25) is 0 Å². The Bertz CT molecular complexity index is 698. The van der Waals surface area contributed by atoms with Crippen LogP contribution in [0.2, 0.25) is 0 Å². The van der Waals surface area contributed by atoms with E-state index in [9.17, 15) is 4.79 Å². The van der Waals surface area contributed by atoms with Crippen LogP contribution in [0.15, 0.2) is 30.6 Å². The van der Waals surface area contributed by atoms with E-state index in [1.54, 1.807) is 0 Å². The van der Waals surface area contributed by atoms with Gasteiger partial charge in [0.05, 0.1) is 6.20 Å². The van der Waals surface area contributed by atoms with Crippen molar-refractivity contribution < 1.29 is 4.79 Å². The summed E-state index contributed by atoms with van der Waals surface area (Å²) in [6.45, 7) is 6.13. The number of hydrogen-bond donors (Lipinski definition) is 1. The first kappa shape index (κ1) is 16.4. The quantitative estimate of drug-likeness (QED) is 0.934. The largest absolute Gasteiger partial charge is 0.323 e. The number of rotatable bonds is 3. The first-order valence-corrected chi connectivity index (χ1v) is 8.29. The third-order valence-electron chi connectivity index (χ3n) is 4.16. The van der Waals surface area contributed by atoms with E-state index in [1.807, 2.05) is 54.1 Å². The molecule has 3 heterocycles. The van der Waals surface area contributed by atoms with E-state index < -0.39 is 0 Å². The maximum atomic E-state index is 12.4. The summed E-state index contributed by atoms with van der Waals surface area (Å²) >= 11 is 0. The highest BCUT2D eigenvalue weighted by Crippen LogP contribution is 2.10. The molecule has 1 fully saturated rings. The van der Waals surface area contributed by atoms with E-state index in [-0.39, 0.29) is 6.03 Å². The number of nitrogens with zero attached hydrogens (tertiary/aromatic N) is 5. The Kier molecular flexibility index (Phi) is 5.10. The van der Waals surface area contributed by atoms with E-state index in [2.05, 4.69) is 20.3 Å². The van der Waals surface area contributed by atoms with Crippen LogP contribution in [-0.4, -0.2) is 56.8 Å². The smallest absolute Gasteiger partial charge is 0.323 e. The van der Waals surface area contributed by atoms with E-state index in [0.29, 0.717) is 5.82 Å². The van der Waals surface area contributed by atoms with E-state index in [1.165, 1.54) is 5.56 Å². The maximum Gasteiger partial charge on any atom is 0.323 e. The van der Waals surface area contributed by atoms with Gasteiger partial charge in [-0.15, -0.1) is 0 Å². The molecule has 7 nitrogen and oxygen atoms in total. The van der Waals surface area contributed by atoms with Crippen LogP contribution >= 0.6 is 0 Å². The molecule has 2 amide bonds. The second-order valence-corrected chi connectivity index (χ2v) is 6.23. The molecular formula is C17H24N6O. The Labute approximate surface area is 142 Å². The number of amides is 2. The van der Waals surface area contributed by atoms with Gasteiger partial charge in [-0.25, -0.2) is 9.78 Å². The molecule has 0 unspecified atom stereocenters. The molecule has 0 radical (unpaired) electrons. The number of nitrogens with one attached hydrogen (secondary N) is 1. The number of carbonyl (C=O) groups is 1. The molecule has 1 aliphatic heterocycles. The molecule has 0 saturated carbocycles. The first-order chi connectivity index (χ1) is 11.6. The van der Waals surface area contributed by atoms with Gasteiger partial charge in [0.15, 0.2) is 0 Å². The minimum absolute atomic E-state index is 0.0728. The second kappa shape index (κ2) is 7.44. The number of hydrogen-bond acceptors (Lipinski definition) is 4. The predicted molar refractivity (Wildman–Crippen MR) is 92.7 cm³/mol. The summed E-state index contributed by atoms with van der Waals surface area (Å²) in [5.74, 6) is 0.608. The molecule has 7 heteroatoms. The number of urea groups is 1. The highest BCUT2D eigenvalue weighted by Gasteiger charge is 2.19. The van der Waals surface area contributed by atoms with Gasteiger partial charge in [-0.3, -0.25) is 14.9 Å². The number of anilines is 1. The third-order valence-corrected chi connectivity index (χ3v) is 4.16. The summed E-state index contributed by atoms with van der Waals surface area (Å²) in [6.07, 6.45) is 4.91. The van der Waals surface area contributed by atoms with Crippen molar-refractivity contribution in [2.45, 2.75) is 19.9 Å². The number of carbonyl (C=O) groups excluding carboxylic acids is 1. The minimum atomic E-state index is -0.0728. The molecule has 1 N–H and O–H groups in total. The van der Waals surface area contributed by atoms with Crippen LogP contribution in [0, 0.1) is 6.92 Å². The number of aryl methyl sites for hydroxylation is 2. The van der Waals surface area contributed by atoms with Crippen molar-refractivity contribution in [2.24, 2.45) is 7.05 Å². The van der Waals surface area contributed by atoms with Gasteiger partial charge in [0.1, 0.15) is 5.82 Å². The number of aromatic nitrogens is 3. The van der Waals surface area contributed by atoms with Crippen LogP contribution in [0.4, 0.5) is 10.6 Å². The van der Waals surface area contributed by atoms with Gasteiger partial charge in [0.25, 0.3) is 0 Å². The molecule has 0 atom stereocenters. The van der Waals surface area contributed by atoms with Crippen molar-refractivity contribution in [1.82, 2.24) is 24.6 Å². The topological polar surface area (TPSA) is 66.3 Å². The molecule has 0 aromatic carbocycles. The zero-order chi connectivity index (χ0) is 16.9. The molecule has 1 saturated heterocycles. The Morgan fingerprint density at radius 1 is 1.25 bits per heavy atom. The Balaban J connectivity index is 1.53. The predicted octanol–water partition coefficient (Wildman–Crippen LogP) is 1.86. The van der Waals surface area contributed by atoms with Crippen molar-refractivity contribution in [2.75, 3.05) is 31.5 Å². The fourth-order valence-electron chi connectivity index (χ4n) is 2.95. The zero-order valence-corrected chi connectivity index (χ0v) is 14.3. The molecule has 0 bridgehead atoms.